The number of rotatable bonds is 5. The second-order valence-electron chi connectivity index (χ2n) is 6.32. The number of benzene rings is 2. The monoisotopic (exact) mass is 356 g/mol. The van der Waals surface area contributed by atoms with Gasteiger partial charge in [0.15, 0.2) is 0 Å². The Labute approximate surface area is 152 Å². The van der Waals surface area contributed by atoms with Gasteiger partial charge in [0.05, 0.1) is 5.92 Å². The molecule has 0 aromatic heterocycles. The first-order valence-electron chi connectivity index (χ1n) is 8.43. The molecule has 0 radical (unpaired) electrons. The molecule has 4 nitrogen and oxygen atoms in total. The lowest BCUT2D eigenvalue weighted by atomic mass is 10.1. The minimum atomic E-state index is -0.318. The van der Waals surface area contributed by atoms with Crippen LogP contribution in [0.1, 0.15) is 17.5 Å². The zero-order valence-corrected chi connectivity index (χ0v) is 14.9. The Hall–Kier alpha value is -2.33. The summed E-state index contributed by atoms with van der Waals surface area (Å²) >= 11 is 6.15. The molecule has 0 bridgehead atoms. The van der Waals surface area contributed by atoms with Crippen LogP contribution < -0.4 is 10.2 Å². The Balaban J connectivity index is 1.58. The van der Waals surface area contributed by atoms with E-state index in [4.69, 9.17) is 11.6 Å². The Morgan fingerprint density at radius 2 is 1.96 bits per heavy atom. The van der Waals surface area contributed by atoms with Gasteiger partial charge in [0.25, 0.3) is 0 Å². The van der Waals surface area contributed by atoms with E-state index in [1.807, 2.05) is 49.4 Å². The zero-order valence-electron chi connectivity index (χ0n) is 14.2. The maximum atomic E-state index is 12.4. The summed E-state index contributed by atoms with van der Waals surface area (Å²) in [5.41, 5.74) is 2.83. The lowest BCUT2D eigenvalue weighted by Crippen LogP contribution is -2.34. The van der Waals surface area contributed by atoms with E-state index >= 15 is 0 Å². The van der Waals surface area contributed by atoms with Gasteiger partial charge in [-0.2, -0.15) is 0 Å². The van der Waals surface area contributed by atoms with E-state index in [-0.39, 0.29) is 24.2 Å². The summed E-state index contributed by atoms with van der Waals surface area (Å²) in [6.45, 7) is 2.86. The van der Waals surface area contributed by atoms with Crippen LogP contribution in [0.2, 0.25) is 5.02 Å². The number of amides is 2. The summed E-state index contributed by atoms with van der Waals surface area (Å²) in [6.07, 6.45) is 1.02. The van der Waals surface area contributed by atoms with Gasteiger partial charge in [-0.25, -0.2) is 0 Å². The van der Waals surface area contributed by atoms with Gasteiger partial charge >= 0.3 is 0 Å². The highest BCUT2D eigenvalue weighted by molar-refractivity contribution is 6.31. The van der Waals surface area contributed by atoms with Crippen LogP contribution >= 0.6 is 11.6 Å². The van der Waals surface area contributed by atoms with Crippen LogP contribution in [0, 0.1) is 12.8 Å². The van der Waals surface area contributed by atoms with E-state index < -0.39 is 0 Å². The minimum Gasteiger partial charge on any atom is -0.355 e. The Morgan fingerprint density at radius 1 is 1.20 bits per heavy atom. The first-order valence-corrected chi connectivity index (χ1v) is 8.81. The second-order valence-corrected chi connectivity index (χ2v) is 6.72. The molecular formula is C20H21ClN2O2. The van der Waals surface area contributed by atoms with Gasteiger partial charge in [-0.3, -0.25) is 9.59 Å². The normalized spacial score (nSPS) is 17.0. The van der Waals surface area contributed by atoms with Crippen LogP contribution in [0.4, 0.5) is 5.69 Å². The molecule has 3 rings (SSSR count). The molecular weight excluding hydrogens is 336 g/mol. The van der Waals surface area contributed by atoms with Gasteiger partial charge in [0.2, 0.25) is 11.8 Å². The molecule has 1 fully saturated rings. The van der Waals surface area contributed by atoms with Gasteiger partial charge < -0.3 is 10.2 Å². The predicted molar refractivity (Wildman–Crippen MR) is 99.8 cm³/mol. The highest BCUT2D eigenvalue weighted by Gasteiger charge is 2.35. The van der Waals surface area contributed by atoms with E-state index in [1.54, 1.807) is 11.0 Å². The third-order valence-electron chi connectivity index (χ3n) is 4.58. The van der Waals surface area contributed by atoms with Crippen molar-refractivity contribution in [1.29, 1.82) is 0 Å². The molecule has 1 N–H and O–H groups in total. The van der Waals surface area contributed by atoms with E-state index in [2.05, 4.69) is 5.32 Å². The highest BCUT2D eigenvalue weighted by Crippen LogP contribution is 2.31. The fraction of sp³-hybridized carbons (Fsp3) is 0.300. The van der Waals surface area contributed by atoms with Gasteiger partial charge in [-0.05, 0) is 36.6 Å². The predicted octanol–water partition coefficient (Wildman–Crippen LogP) is 3.36. The topological polar surface area (TPSA) is 49.4 Å². The highest BCUT2D eigenvalue weighted by atomic mass is 35.5. The lowest BCUT2D eigenvalue weighted by molar-refractivity contribution is -0.126. The Kier molecular flexibility index (Phi) is 5.39. The second kappa shape index (κ2) is 7.70. The molecule has 0 saturated carbocycles. The van der Waals surface area contributed by atoms with Crippen molar-refractivity contribution in [2.75, 3.05) is 18.0 Å². The standard InChI is InChI=1S/C20H21ClN2O2/c1-14-17(21)8-5-9-18(14)23-13-16(12-19(23)24)20(25)22-11-10-15-6-3-2-4-7-15/h2-9,16H,10-13H2,1H3,(H,22,25)/t16-/m0/s1. The summed E-state index contributed by atoms with van der Waals surface area (Å²) < 4.78 is 0. The third kappa shape index (κ3) is 4.02. The fourth-order valence-corrected chi connectivity index (χ4v) is 3.29. The van der Waals surface area contributed by atoms with Crippen molar-refractivity contribution in [2.24, 2.45) is 5.92 Å². The van der Waals surface area contributed by atoms with Crippen LogP contribution in [-0.4, -0.2) is 24.9 Å². The van der Waals surface area contributed by atoms with Crippen LogP contribution in [0.25, 0.3) is 0 Å². The third-order valence-corrected chi connectivity index (χ3v) is 4.99. The molecule has 1 atom stereocenters. The van der Waals surface area contributed by atoms with E-state index in [1.165, 1.54) is 5.56 Å². The number of hydrogen-bond acceptors (Lipinski definition) is 2. The van der Waals surface area contributed by atoms with E-state index in [0.29, 0.717) is 18.1 Å². The maximum Gasteiger partial charge on any atom is 0.227 e. The van der Waals surface area contributed by atoms with Crippen molar-refractivity contribution < 1.29 is 9.59 Å². The SMILES string of the molecule is Cc1c(Cl)cccc1N1C[C@@H](C(=O)NCCc2ccccc2)CC1=O. The molecule has 1 aliphatic rings. The Morgan fingerprint density at radius 3 is 2.72 bits per heavy atom. The molecule has 130 valence electrons. The molecule has 2 amide bonds. The number of nitrogens with one attached hydrogen (secondary N) is 1. The largest absolute Gasteiger partial charge is 0.355 e. The van der Waals surface area contributed by atoms with Crippen LogP contribution in [-0.2, 0) is 16.0 Å². The summed E-state index contributed by atoms with van der Waals surface area (Å²) in [5.74, 6) is -0.415. The average molecular weight is 357 g/mol. The minimum absolute atomic E-state index is 0.0337. The van der Waals surface area contributed by atoms with Gasteiger partial charge in [0, 0.05) is 30.2 Å². The summed E-state index contributed by atoms with van der Waals surface area (Å²) in [4.78, 5) is 26.4. The van der Waals surface area contributed by atoms with Gasteiger partial charge in [0.1, 0.15) is 0 Å². The van der Waals surface area contributed by atoms with Crippen molar-refractivity contribution in [3.05, 3.63) is 64.7 Å². The number of carbonyl (C=O) groups excluding carboxylic acids is 2. The number of hydrogen-bond donors (Lipinski definition) is 1. The molecule has 1 saturated heterocycles. The molecule has 0 aliphatic carbocycles. The number of anilines is 1. The average Bonchev–Trinajstić information content (AvgIpc) is 3.00. The molecule has 0 spiro atoms. The van der Waals surface area contributed by atoms with Crippen molar-refractivity contribution >= 4 is 29.1 Å². The maximum absolute atomic E-state index is 12.4. The zero-order chi connectivity index (χ0) is 17.8. The van der Waals surface area contributed by atoms with Gasteiger partial charge in [-0.1, -0.05) is 48.0 Å². The Bertz CT molecular complexity index is 777. The summed E-state index contributed by atoms with van der Waals surface area (Å²) in [6, 6.07) is 15.5. The first-order chi connectivity index (χ1) is 12.1. The number of halogens is 1. The first kappa shape index (κ1) is 17.5. The van der Waals surface area contributed by atoms with Crippen LogP contribution in [0.5, 0.6) is 0 Å². The van der Waals surface area contributed by atoms with Crippen molar-refractivity contribution in [3.63, 3.8) is 0 Å². The van der Waals surface area contributed by atoms with Crippen molar-refractivity contribution in [3.8, 4) is 0 Å². The van der Waals surface area contributed by atoms with Crippen LogP contribution in [0.3, 0.4) is 0 Å². The van der Waals surface area contributed by atoms with Crippen molar-refractivity contribution in [2.45, 2.75) is 19.8 Å². The molecule has 25 heavy (non-hydrogen) atoms. The molecule has 2 aromatic rings. The van der Waals surface area contributed by atoms with Crippen molar-refractivity contribution in [1.82, 2.24) is 5.32 Å². The molecule has 1 aliphatic heterocycles. The smallest absolute Gasteiger partial charge is 0.227 e. The van der Waals surface area contributed by atoms with Crippen LogP contribution in [0.15, 0.2) is 48.5 Å². The fourth-order valence-electron chi connectivity index (χ4n) is 3.12. The molecule has 0 unspecified atom stereocenters. The quantitative estimate of drug-likeness (QED) is 0.893. The van der Waals surface area contributed by atoms with E-state index in [9.17, 15) is 9.59 Å². The molecule has 2 aromatic carbocycles. The van der Waals surface area contributed by atoms with Gasteiger partial charge in [-0.15, -0.1) is 0 Å². The summed E-state index contributed by atoms with van der Waals surface area (Å²) in [7, 11) is 0. The summed E-state index contributed by atoms with van der Waals surface area (Å²) in [5, 5.41) is 3.57. The number of nitrogens with zero attached hydrogens (tertiary/aromatic N) is 1. The molecule has 1 heterocycles. The molecule has 5 heteroatoms. The van der Waals surface area contributed by atoms with E-state index in [0.717, 1.165) is 17.7 Å². The lowest BCUT2D eigenvalue weighted by Gasteiger charge is -2.19. The number of carbonyl (C=O) groups is 2.